The molecule has 0 heterocycles. The third kappa shape index (κ3) is 2.87. The van der Waals surface area contributed by atoms with E-state index in [-0.39, 0.29) is 10.7 Å². The third-order valence-electron chi connectivity index (χ3n) is 1.65. The first-order valence-electron chi connectivity index (χ1n) is 3.95. The van der Waals surface area contributed by atoms with Gasteiger partial charge in [-0.25, -0.2) is 0 Å². The van der Waals surface area contributed by atoms with Crippen LogP contribution in [0.2, 0.25) is 5.02 Å². The van der Waals surface area contributed by atoms with E-state index in [1.807, 2.05) is 0 Å². The molecule has 0 aromatic heterocycles. The summed E-state index contributed by atoms with van der Waals surface area (Å²) in [5, 5.41) is 12.2. The van der Waals surface area contributed by atoms with Crippen molar-refractivity contribution >= 4 is 29.3 Å². The Morgan fingerprint density at radius 2 is 2.33 bits per heavy atom. The van der Waals surface area contributed by atoms with E-state index >= 15 is 0 Å². The van der Waals surface area contributed by atoms with Crippen LogP contribution in [0.15, 0.2) is 24.1 Å². The van der Waals surface area contributed by atoms with Crippen LogP contribution >= 0.6 is 23.6 Å². The Hall–Kier alpha value is -1.20. The van der Waals surface area contributed by atoms with Gasteiger partial charge >= 0.3 is 0 Å². The van der Waals surface area contributed by atoms with Crippen LogP contribution in [0.3, 0.4) is 0 Å². The summed E-state index contributed by atoms with van der Waals surface area (Å²) in [7, 11) is 0. The molecule has 0 fully saturated rings. The predicted molar refractivity (Wildman–Crippen MR) is 61.3 cm³/mol. The van der Waals surface area contributed by atoms with Gasteiger partial charge in [0.15, 0.2) is 0 Å². The average molecular weight is 246 g/mol. The Kier molecular flexibility index (Phi) is 3.99. The summed E-state index contributed by atoms with van der Waals surface area (Å²) in [5.74, 6) is 0.413. The molecule has 4 nitrogen and oxygen atoms in total. The van der Waals surface area contributed by atoms with Crippen molar-refractivity contribution in [3.8, 4) is 5.75 Å². The van der Waals surface area contributed by atoms with Gasteiger partial charge in [-0.2, -0.15) is 0 Å². The lowest BCUT2D eigenvalue weighted by Crippen LogP contribution is -1.92. The lowest BCUT2D eigenvalue weighted by atomic mass is 10.2. The first kappa shape index (κ1) is 11.9. The van der Waals surface area contributed by atoms with Crippen molar-refractivity contribution in [3.63, 3.8) is 0 Å². The highest BCUT2D eigenvalue weighted by molar-refractivity contribution is 7.97. The summed E-state index contributed by atoms with van der Waals surface area (Å²) >= 11 is 6.71. The van der Waals surface area contributed by atoms with Crippen LogP contribution in [0.4, 0.5) is 5.69 Å². The maximum atomic E-state index is 10.6. The van der Waals surface area contributed by atoms with E-state index in [2.05, 4.69) is 6.58 Å². The molecule has 0 aliphatic heterocycles. The average Bonchev–Trinajstić information content (AvgIpc) is 2.16. The minimum Gasteiger partial charge on any atom is -0.421 e. The first-order chi connectivity index (χ1) is 7.06. The van der Waals surface area contributed by atoms with Gasteiger partial charge in [-0.15, -0.1) is 0 Å². The molecule has 0 radical (unpaired) electrons. The van der Waals surface area contributed by atoms with Crippen LogP contribution in [0.5, 0.6) is 5.75 Å². The highest BCUT2D eigenvalue weighted by Gasteiger charge is 2.16. The van der Waals surface area contributed by atoms with E-state index in [0.29, 0.717) is 5.75 Å². The second kappa shape index (κ2) is 5.04. The quantitative estimate of drug-likeness (QED) is 0.461. The molecule has 0 bridgehead atoms. The molecule has 15 heavy (non-hydrogen) atoms. The van der Waals surface area contributed by atoms with Crippen LogP contribution in [0, 0.1) is 17.0 Å². The molecule has 6 heteroatoms. The van der Waals surface area contributed by atoms with Gasteiger partial charge in [-0.3, -0.25) is 10.1 Å². The maximum absolute atomic E-state index is 10.6. The summed E-state index contributed by atoms with van der Waals surface area (Å²) in [6.45, 7) is 5.22. The van der Waals surface area contributed by atoms with Gasteiger partial charge in [0.2, 0.25) is 0 Å². The minimum absolute atomic E-state index is 0.105. The standard InChI is InChI=1S/C9H8ClNO3S/c1-3-15-14-9-5-8(11(12)13)7(10)4-6(9)2/h3-5H,1H2,2H3. The van der Waals surface area contributed by atoms with Crippen molar-refractivity contribution in [3.05, 3.63) is 44.8 Å². The third-order valence-corrected chi connectivity index (χ3v) is 2.36. The van der Waals surface area contributed by atoms with E-state index in [1.54, 1.807) is 6.92 Å². The minimum atomic E-state index is -0.548. The van der Waals surface area contributed by atoms with Crippen molar-refractivity contribution in [2.24, 2.45) is 0 Å². The molecule has 0 spiro atoms. The number of nitrogens with zero attached hydrogens (tertiary/aromatic N) is 1. The van der Waals surface area contributed by atoms with Crippen molar-refractivity contribution in [2.75, 3.05) is 0 Å². The molecule has 0 saturated heterocycles. The molecule has 0 aliphatic rings. The van der Waals surface area contributed by atoms with E-state index in [1.165, 1.54) is 17.5 Å². The molecule has 0 atom stereocenters. The molecule has 0 aliphatic carbocycles. The summed E-state index contributed by atoms with van der Waals surface area (Å²) < 4.78 is 5.17. The molecular formula is C9H8ClNO3S. The fraction of sp³-hybridized carbons (Fsp3) is 0.111. The number of rotatable bonds is 4. The van der Waals surface area contributed by atoms with E-state index in [4.69, 9.17) is 15.8 Å². The number of nitro groups is 1. The number of aryl methyl sites for hydroxylation is 1. The van der Waals surface area contributed by atoms with Crippen LogP contribution < -0.4 is 4.18 Å². The van der Waals surface area contributed by atoms with Crippen LogP contribution in [0.25, 0.3) is 0 Å². The predicted octanol–water partition coefficient (Wildman–Crippen LogP) is 3.73. The second-order valence-corrected chi connectivity index (χ2v) is 3.77. The topological polar surface area (TPSA) is 52.4 Å². The van der Waals surface area contributed by atoms with Crippen molar-refractivity contribution in [2.45, 2.75) is 6.92 Å². The summed E-state index contributed by atoms with van der Waals surface area (Å²) in [6.07, 6.45) is 0. The second-order valence-electron chi connectivity index (χ2n) is 2.67. The molecular weight excluding hydrogens is 238 g/mol. The molecule has 80 valence electrons. The Labute approximate surface area is 96.2 Å². The van der Waals surface area contributed by atoms with E-state index < -0.39 is 4.92 Å². The molecule has 0 saturated carbocycles. The monoisotopic (exact) mass is 245 g/mol. The first-order valence-corrected chi connectivity index (χ1v) is 5.13. The summed E-state index contributed by atoms with van der Waals surface area (Å²) in [6, 6.07) is 2.80. The Morgan fingerprint density at radius 1 is 1.67 bits per heavy atom. The molecule has 0 N–H and O–H groups in total. The SMILES string of the molecule is C=CSOc1cc([N+](=O)[O-])c(Cl)cc1C. The van der Waals surface area contributed by atoms with E-state index in [9.17, 15) is 10.1 Å². The molecule has 1 rings (SSSR count). The van der Waals surface area contributed by atoms with Gasteiger partial charge in [0.25, 0.3) is 5.69 Å². The fourth-order valence-electron chi connectivity index (χ4n) is 0.958. The van der Waals surface area contributed by atoms with Gasteiger partial charge in [0.1, 0.15) is 10.8 Å². The van der Waals surface area contributed by atoms with Gasteiger partial charge in [-0.1, -0.05) is 18.2 Å². The maximum Gasteiger partial charge on any atom is 0.291 e. The molecule has 0 unspecified atom stereocenters. The molecule has 0 amide bonds. The molecule has 1 aromatic rings. The highest BCUT2D eigenvalue weighted by atomic mass is 35.5. The fourth-order valence-corrected chi connectivity index (χ4v) is 1.60. The smallest absolute Gasteiger partial charge is 0.291 e. The Bertz CT molecular complexity index is 409. The largest absolute Gasteiger partial charge is 0.421 e. The Morgan fingerprint density at radius 3 is 2.87 bits per heavy atom. The number of nitro benzene ring substituents is 1. The zero-order valence-electron chi connectivity index (χ0n) is 7.90. The lowest BCUT2D eigenvalue weighted by molar-refractivity contribution is -0.384. The van der Waals surface area contributed by atoms with Gasteiger partial charge < -0.3 is 4.18 Å². The lowest BCUT2D eigenvalue weighted by Gasteiger charge is -2.05. The zero-order valence-corrected chi connectivity index (χ0v) is 9.47. The van der Waals surface area contributed by atoms with Crippen molar-refractivity contribution in [1.29, 1.82) is 0 Å². The van der Waals surface area contributed by atoms with Gasteiger partial charge in [0.05, 0.1) is 23.0 Å². The summed E-state index contributed by atoms with van der Waals surface area (Å²) in [5.41, 5.74) is 0.571. The van der Waals surface area contributed by atoms with Gasteiger partial charge in [0, 0.05) is 5.41 Å². The van der Waals surface area contributed by atoms with Crippen LogP contribution in [0.1, 0.15) is 5.56 Å². The highest BCUT2D eigenvalue weighted by Crippen LogP contribution is 2.33. The zero-order chi connectivity index (χ0) is 11.4. The van der Waals surface area contributed by atoms with E-state index in [0.717, 1.165) is 17.6 Å². The van der Waals surface area contributed by atoms with Crippen molar-refractivity contribution in [1.82, 2.24) is 0 Å². The number of hydrogen-bond donors (Lipinski definition) is 0. The normalized spacial score (nSPS) is 9.73. The number of hydrogen-bond acceptors (Lipinski definition) is 4. The summed E-state index contributed by atoms with van der Waals surface area (Å²) in [4.78, 5) is 10.0. The van der Waals surface area contributed by atoms with Gasteiger partial charge in [-0.05, 0) is 18.6 Å². The number of halogens is 1. The van der Waals surface area contributed by atoms with Crippen LogP contribution in [-0.2, 0) is 0 Å². The number of benzene rings is 1. The van der Waals surface area contributed by atoms with Crippen LogP contribution in [-0.4, -0.2) is 4.92 Å². The Balaban J connectivity index is 3.11. The van der Waals surface area contributed by atoms with Crippen molar-refractivity contribution < 1.29 is 9.11 Å². The molecule has 1 aromatic carbocycles.